The number of benzene rings is 3. The first-order chi connectivity index (χ1) is 19.1. The zero-order chi connectivity index (χ0) is 30.0. The second kappa shape index (κ2) is 10.1. The Labute approximate surface area is 242 Å². The Morgan fingerprint density at radius 1 is 1.02 bits per heavy atom. The second-order valence-corrected chi connectivity index (χ2v) is 13.9. The molecule has 2 aliphatic heterocycles. The molecule has 3 aromatic carbocycles. The summed E-state index contributed by atoms with van der Waals surface area (Å²) in [6, 6.07) is 9.79. The van der Waals surface area contributed by atoms with E-state index in [1.807, 2.05) is 78.8 Å². The number of carbonyl (C=O) groups is 1. The molecule has 0 aromatic heterocycles. The highest BCUT2D eigenvalue weighted by molar-refractivity contribution is 7.92. The standard InChI is InChI=1S/C32H38N2O6S/c1-17-10-9-11-21-16-34(41(8,37)38)29-20(4)27(30(31(35)36)40-32(5,6)7)25(19(3)26(29)24(17)21)22-12-13-23-28(18(22)2)33-14-15-39-23/h9-13,30,33H,14-16H2,1-8H3,(H,35,36)/t30-/m0/s1. The highest BCUT2D eigenvalue weighted by Crippen LogP contribution is 2.53. The predicted octanol–water partition coefficient (Wildman–Crippen LogP) is 6.28. The number of rotatable bonds is 5. The van der Waals surface area contributed by atoms with Crippen LogP contribution in [0, 0.1) is 27.7 Å². The third-order valence-corrected chi connectivity index (χ3v) is 9.02. The normalized spacial score (nSPS) is 15.3. The Balaban J connectivity index is 1.98. The van der Waals surface area contributed by atoms with Crippen LogP contribution in [0.15, 0.2) is 30.3 Å². The topological polar surface area (TPSA) is 105 Å². The average Bonchev–Trinajstić information content (AvgIpc) is 2.88. The number of hydrogen-bond acceptors (Lipinski definition) is 6. The van der Waals surface area contributed by atoms with Crippen LogP contribution in [0.5, 0.6) is 5.75 Å². The van der Waals surface area contributed by atoms with Crippen LogP contribution in [0.25, 0.3) is 22.3 Å². The largest absolute Gasteiger partial charge is 0.490 e. The SMILES string of the molecule is Cc1cccc2c1-c1c(C)c(-c3ccc4c(c3C)NCCO4)c([C@H](OC(C)(C)C)C(=O)O)c(C)c1N(S(C)(=O)=O)C2. The first-order valence-electron chi connectivity index (χ1n) is 13.8. The molecule has 0 saturated heterocycles. The van der Waals surface area contributed by atoms with Gasteiger partial charge in [-0.1, -0.05) is 24.3 Å². The van der Waals surface area contributed by atoms with Crippen molar-refractivity contribution in [3.8, 4) is 28.0 Å². The third kappa shape index (κ3) is 4.95. The lowest BCUT2D eigenvalue weighted by atomic mass is 9.78. The van der Waals surface area contributed by atoms with Crippen molar-refractivity contribution < 1.29 is 27.8 Å². The number of fused-ring (bicyclic) bond motifs is 4. The smallest absolute Gasteiger partial charge is 0.337 e. The maximum absolute atomic E-state index is 13.3. The van der Waals surface area contributed by atoms with Crippen molar-refractivity contribution in [2.45, 2.75) is 66.7 Å². The zero-order valence-electron chi connectivity index (χ0n) is 24.9. The molecular formula is C32H38N2O6S. The predicted molar refractivity (Wildman–Crippen MR) is 162 cm³/mol. The van der Waals surface area contributed by atoms with E-state index in [-0.39, 0.29) is 6.54 Å². The summed E-state index contributed by atoms with van der Waals surface area (Å²) >= 11 is 0. The minimum absolute atomic E-state index is 0.166. The number of nitrogens with zero attached hydrogens (tertiary/aromatic N) is 1. The van der Waals surface area contributed by atoms with Crippen LogP contribution in [-0.4, -0.2) is 44.5 Å². The molecule has 0 radical (unpaired) electrons. The van der Waals surface area contributed by atoms with Gasteiger partial charge in [0.2, 0.25) is 10.0 Å². The first kappa shape index (κ1) is 29.0. The summed E-state index contributed by atoms with van der Waals surface area (Å²) in [6.07, 6.45) is -0.146. The van der Waals surface area contributed by atoms with Crippen LogP contribution in [0.3, 0.4) is 0 Å². The quantitative estimate of drug-likeness (QED) is 0.367. The summed E-state index contributed by atoms with van der Waals surface area (Å²) in [5, 5.41) is 14.0. The van der Waals surface area contributed by atoms with Crippen LogP contribution in [0.4, 0.5) is 11.4 Å². The van der Waals surface area contributed by atoms with Gasteiger partial charge in [-0.15, -0.1) is 0 Å². The molecule has 41 heavy (non-hydrogen) atoms. The van der Waals surface area contributed by atoms with Crippen molar-refractivity contribution in [1.29, 1.82) is 0 Å². The van der Waals surface area contributed by atoms with Crippen molar-refractivity contribution in [2.24, 2.45) is 0 Å². The van der Waals surface area contributed by atoms with Gasteiger partial charge >= 0.3 is 5.97 Å². The lowest BCUT2D eigenvalue weighted by Crippen LogP contribution is -2.35. The summed E-state index contributed by atoms with van der Waals surface area (Å²) in [5.74, 6) is -0.393. The number of ether oxygens (including phenoxy) is 2. The number of anilines is 2. The van der Waals surface area contributed by atoms with Crippen LogP contribution in [0.2, 0.25) is 0 Å². The monoisotopic (exact) mass is 578 g/mol. The molecule has 0 aliphatic carbocycles. The van der Waals surface area contributed by atoms with Crippen LogP contribution in [-0.2, 0) is 26.1 Å². The number of nitrogens with one attached hydrogen (secondary N) is 1. The number of carboxylic acid groups (broad SMARTS) is 1. The molecule has 2 N–H and O–H groups in total. The highest BCUT2D eigenvalue weighted by Gasteiger charge is 2.39. The van der Waals surface area contributed by atoms with Gasteiger partial charge in [0.15, 0.2) is 6.10 Å². The van der Waals surface area contributed by atoms with Gasteiger partial charge in [-0.3, -0.25) is 4.31 Å². The van der Waals surface area contributed by atoms with Gasteiger partial charge in [-0.05, 0) is 99.0 Å². The van der Waals surface area contributed by atoms with Gasteiger partial charge in [0, 0.05) is 17.7 Å². The second-order valence-electron chi connectivity index (χ2n) is 12.0. The van der Waals surface area contributed by atoms with Gasteiger partial charge in [-0.2, -0.15) is 0 Å². The van der Waals surface area contributed by atoms with E-state index in [0.717, 1.165) is 55.9 Å². The van der Waals surface area contributed by atoms with E-state index in [1.165, 1.54) is 10.6 Å². The zero-order valence-corrected chi connectivity index (χ0v) is 25.7. The molecule has 3 aromatic rings. The molecule has 2 aliphatic rings. The Morgan fingerprint density at radius 3 is 2.37 bits per heavy atom. The van der Waals surface area contributed by atoms with Crippen LogP contribution < -0.4 is 14.4 Å². The lowest BCUT2D eigenvalue weighted by Gasteiger charge is -2.38. The van der Waals surface area contributed by atoms with E-state index in [2.05, 4.69) is 5.32 Å². The van der Waals surface area contributed by atoms with Crippen molar-refractivity contribution in [3.63, 3.8) is 0 Å². The molecule has 8 nitrogen and oxygen atoms in total. The Bertz CT molecular complexity index is 1690. The molecule has 0 spiro atoms. The van der Waals surface area contributed by atoms with Gasteiger partial charge in [0.1, 0.15) is 12.4 Å². The van der Waals surface area contributed by atoms with Gasteiger partial charge in [0.05, 0.1) is 29.8 Å². The molecular weight excluding hydrogens is 540 g/mol. The van der Waals surface area contributed by atoms with Gasteiger partial charge in [-0.25, -0.2) is 13.2 Å². The van der Waals surface area contributed by atoms with Crippen molar-refractivity contribution in [1.82, 2.24) is 0 Å². The van der Waals surface area contributed by atoms with E-state index in [4.69, 9.17) is 9.47 Å². The number of sulfonamides is 1. The third-order valence-electron chi connectivity index (χ3n) is 7.90. The van der Waals surface area contributed by atoms with E-state index in [1.54, 1.807) is 0 Å². The molecule has 218 valence electrons. The average molecular weight is 579 g/mol. The molecule has 9 heteroatoms. The fraction of sp³-hybridized carbons (Fsp3) is 0.406. The van der Waals surface area contributed by atoms with Gasteiger partial charge < -0.3 is 19.9 Å². The summed E-state index contributed by atoms with van der Waals surface area (Å²) in [5.41, 5.74) is 8.62. The van der Waals surface area contributed by atoms with E-state index >= 15 is 0 Å². The summed E-state index contributed by atoms with van der Waals surface area (Å²) < 4.78 is 40.1. The number of carboxylic acids is 1. The Morgan fingerprint density at radius 2 is 1.73 bits per heavy atom. The maximum Gasteiger partial charge on any atom is 0.337 e. The molecule has 0 fully saturated rings. The van der Waals surface area contributed by atoms with Crippen molar-refractivity contribution >= 4 is 27.4 Å². The molecule has 0 unspecified atom stereocenters. The number of aliphatic carboxylic acids is 1. The maximum atomic E-state index is 13.3. The number of aryl methyl sites for hydroxylation is 1. The minimum Gasteiger partial charge on any atom is -0.490 e. The summed E-state index contributed by atoms with van der Waals surface area (Å²) in [7, 11) is -3.71. The molecule has 0 saturated carbocycles. The molecule has 2 heterocycles. The van der Waals surface area contributed by atoms with Crippen molar-refractivity contribution in [2.75, 3.05) is 29.0 Å². The fourth-order valence-corrected chi connectivity index (χ4v) is 7.19. The van der Waals surface area contributed by atoms with E-state index in [0.29, 0.717) is 30.0 Å². The van der Waals surface area contributed by atoms with Crippen LogP contribution >= 0.6 is 0 Å². The van der Waals surface area contributed by atoms with E-state index in [9.17, 15) is 18.3 Å². The first-order valence-corrected chi connectivity index (χ1v) is 15.6. The molecule has 0 bridgehead atoms. The van der Waals surface area contributed by atoms with Gasteiger partial charge in [0.25, 0.3) is 0 Å². The van der Waals surface area contributed by atoms with E-state index < -0.39 is 27.7 Å². The number of hydrogen-bond donors (Lipinski definition) is 2. The fourth-order valence-electron chi connectivity index (χ4n) is 6.26. The Hall–Kier alpha value is -3.56. The molecule has 5 rings (SSSR count). The van der Waals surface area contributed by atoms with Crippen molar-refractivity contribution in [3.05, 3.63) is 63.7 Å². The van der Waals surface area contributed by atoms with Crippen LogP contribution in [0.1, 0.15) is 60.3 Å². The Kier molecular flexibility index (Phi) is 7.11. The lowest BCUT2D eigenvalue weighted by molar-refractivity contribution is -0.160. The highest BCUT2D eigenvalue weighted by atomic mass is 32.2. The summed E-state index contributed by atoms with van der Waals surface area (Å²) in [6.45, 7) is 14.6. The molecule has 1 atom stereocenters. The minimum atomic E-state index is -3.71. The summed E-state index contributed by atoms with van der Waals surface area (Å²) in [4.78, 5) is 13.0. The molecule has 0 amide bonds.